The summed E-state index contributed by atoms with van der Waals surface area (Å²) < 4.78 is 2.62. The molecule has 0 bridgehead atoms. The van der Waals surface area contributed by atoms with E-state index in [0.29, 0.717) is 5.92 Å². The molecule has 0 aliphatic heterocycles. The van der Waals surface area contributed by atoms with Crippen molar-refractivity contribution in [2.75, 3.05) is 0 Å². The van der Waals surface area contributed by atoms with Gasteiger partial charge in [-0.2, -0.15) is 0 Å². The molecule has 2 heterocycles. The van der Waals surface area contributed by atoms with Crippen molar-refractivity contribution in [3.63, 3.8) is 0 Å². The van der Waals surface area contributed by atoms with E-state index in [0.717, 1.165) is 51.8 Å². The van der Waals surface area contributed by atoms with Gasteiger partial charge in [0.15, 0.2) is 5.82 Å². The molecule has 0 N–H and O–H groups in total. The largest absolute Gasteiger partial charge is 0.227 e. The van der Waals surface area contributed by atoms with Gasteiger partial charge in [-0.1, -0.05) is 127 Å². The van der Waals surface area contributed by atoms with Crippen LogP contribution in [0.5, 0.6) is 0 Å². The number of hydrogen-bond donors (Lipinski definition) is 0. The van der Waals surface area contributed by atoms with Crippen LogP contribution in [0.25, 0.3) is 83.3 Å². The van der Waals surface area contributed by atoms with Crippen LogP contribution in [0.1, 0.15) is 30.0 Å². The number of aromatic nitrogens is 2. The Bertz CT molecular complexity index is 2980. The monoisotopic (exact) mass is 668 g/mol. The first kappa shape index (κ1) is 28.9. The Morgan fingerprint density at radius 2 is 1.47 bits per heavy atom. The summed E-state index contributed by atoms with van der Waals surface area (Å²) in [5.74, 6) is 1.15. The fraction of sp³-hybridized carbons (Fsp3) is 0.0833. The van der Waals surface area contributed by atoms with Gasteiger partial charge in [0.1, 0.15) is 0 Å². The average molecular weight is 669 g/mol. The molecule has 2 aromatic heterocycles. The Morgan fingerprint density at radius 1 is 0.667 bits per heavy atom. The lowest BCUT2D eigenvalue weighted by atomic mass is 9.78. The van der Waals surface area contributed by atoms with Gasteiger partial charge in [0.2, 0.25) is 0 Å². The molecule has 0 saturated carbocycles. The van der Waals surface area contributed by atoms with Crippen molar-refractivity contribution in [2.45, 2.75) is 19.8 Å². The van der Waals surface area contributed by atoms with E-state index in [9.17, 15) is 0 Å². The maximum atomic E-state index is 5.26. The van der Waals surface area contributed by atoms with E-state index in [2.05, 4.69) is 153 Å². The standard InChI is InChI=1S/C48H32N2S/c1-28-34(37-16-9-17-38-35-14-7-6-13-31(35)24-42(37)38)21-19-32-25-43-39-22-20-33(26-44(39)51-45(43)27-41(28)32)48-49-46(30-11-3-2-4-12-30)40-23-18-29-10-5-8-15-36(29)47(40)50-48/h2-18,20-23,25-27,32H,19,24H2,1H3. The minimum atomic E-state index is 0.387. The van der Waals surface area contributed by atoms with Crippen LogP contribution in [-0.4, -0.2) is 9.97 Å². The van der Waals surface area contributed by atoms with Gasteiger partial charge in [0, 0.05) is 42.4 Å². The molecule has 3 aliphatic carbocycles. The minimum absolute atomic E-state index is 0.387. The summed E-state index contributed by atoms with van der Waals surface area (Å²) in [6, 6.07) is 45.9. The Balaban J connectivity index is 1.03. The fourth-order valence-corrected chi connectivity index (χ4v) is 9.94. The quantitative estimate of drug-likeness (QED) is 0.175. The highest BCUT2D eigenvalue weighted by Crippen LogP contribution is 2.45. The molecule has 0 radical (unpaired) electrons. The van der Waals surface area contributed by atoms with Gasteiger partial charge >= 0.3 is 0 Å². The van der Waals surface area contributed by atoms with Gasteiger partial charge in [-0.3, -0.25) is 0 Å². The molecule has 51 heavy (non-hydrogen) atoms. The van der Waals surface area contributed by atoms with Crippen molar-refractivity contribution in [3.05, 3.63) is 171 Å². The van der Waals surface area contributed by atoms with Gasteiger partial charge in [0.25, 0.3) is 0 Å². The number of hydrogen-bond acceptors (Lipinski definition) is 3. The smallest absolute Gasteiger partial charge is 0.160 e. The number of thiophene rings is 1. The zero-order chi connectivity index (χ0) is 33.6. The Hall–Kier alpha value is -5.90. The van der Waals surface area contributed by atoms with E-state index in [4.69, 9.17) is 9.97 Å². The average Bonchev–Trinajstić information content (AvgIpc) is 3.75. The molecular weight excluding hydrogens is 637 g/mol. The first-order valence-electron chi connectivity index (χ1n) is 17.8. The summed E-state index contributed by atoms with van der Waals surface area (Å²) in [6.07, 6.45) is 9.53. The molecule has 6 aromatic carbocycles. The summed E-state index contributed by atoms with van der Waals surface area (Å²) in [6.45, 7) is 2.33. The first-order chi connectivity index (χ1) is 25.2. The number of allylic oxidation sites excluding steroid dienone is 4. The molecule has 1 atom stereocenters. The minimum Gasteiger partial charge on any atom is -0.227 e. The summed E-state index contributed by atoms with van der Waals surface area (Å²) >= 11 is 1.89. The highest BCUT2D eigenvalue weighted by Gasteiger charge is 2.27. The Morgan fingerprint density at radius 3 is 2.41 bits per heavy atom. The Kier molecular flexibility index (Phi) is 6.26. The van der Waals surface area contributed by atoms with E-state index >= 15 is 0 Å². The third-order valence-electron chi connectivity index (χ3n) is 11.3. The van der Waals surface area contributed by atoms with E-state index in [1.54, 1.807) is 0 Å². The normalized spacial score (nSPS) is 15.9. The molecule has 0 spiro atoms. The molecule has 0 saturated heterocycles. The molecule has 3 aliphatic rings. The zero-order valence-corrected chi connectivity index (χ0v) is 29.0. The second kappa shape index (κ2) is 11.1. The molecule has 0 fully saturated rings. The van der Waals surface area contributed by atoms with Crippen LogP contribution in [0.2, 0.25) is 0 Å². The van der Waals surface area contributed by atoms with Gasteiger partial charge in [-0.25, -0.2) is 9.97 Å². The van der Waals surface area contributed by atoms with Crippen LogP contribution in [0.4, 0.5) is 0 Å². The van der Waals surface area contributed by atoms with Crippen molar-refractivity contribution in [1.82, 2.24) is 9.97 Å². The van der Waals surface area contributed by atoms with E-state index in [-0.39, 0.29) is 0 Å². The maximum absolute atomic E-state index is 5.26. The third kappa shape index (κ3) is 4.41. The topological polar surface area (TPSA) is 25.8 Å². The van der Waals surface area contributed by atoms with Crippen molar-refractivity contribution < 1.29 is 0 Å². The predicted octanol–water partition coefficient (Wildman–Crippen LogP) is 10.9. The summed E-state index contributed by atoms with van der Waals surface area (Å²) in [5, 5.41) is 6.09. The lowest BCUT2D eigenvalue weighted by Gasteiger charge is -2.26. The maximum Gasteiger partial charge on any atom is 0.160 e. The van der Waals surface area contributed by atoms with E-state index in [1.807, 2.05) is 11.3 Å². The molecular formula is C48H32N2S. The first-order valence-corrected chi connectivity index (χ1v) is 18.6. The molecule has 2 nitrogen and oxygen atoms in total. The number of benzene rings is 6. The van der Waals surface area contributed by atoms with Crippen LogP contribution < -0.4 is 9.75 Å². The van der Waals surface area contributed by atoms with Crippen molar-refractivity contribution in [3.8, 4) is 33.8 Å². The van der Waals surface area contributed by atoms with Gasteiger partial charge in [-0.15, -0.1) is 11.3 Å². The second-order valence-corrected chi connectivity index (χ2v) is 15.1. The molecule has 1 unspecified atom stereocenters. The molecule has 8 aromatic rings. The molecule has 3 heteroatoms. The van der Waals surface area contributed by atoms with Crippen molar-refractivity contribution in [2.24, 2.45) is 5.92 Å². The van der Waals surface area contributed by atoms with Crippen LogP contribution in [-0.2, 0) is 6.42 Å². The van der Waals surface area contributed by atoms with Crippen LogP contribution >= 0.6 is 11.3 Å². The summed E-state index contributed by atoms with van der Waals surface area (Å²) in [4.78, 5) is 10.5. The van der Waals surface area contributed by atoms with Crippen molar-refractivity contribution >= 4 is 60.8 Å². The van der Waals surface area contributed by atoms with Crippen molar-refractivity contribution in [1.29, 1.82) is 0 Å². The number of nitrogens with zero attached hydrogens (tertiary/aromatic N) is 2. The van der Waals surface area contributed by atoms with E-state index < -0.39 is 0 Å². The molecule has 240 valence electrons. The van der Waals surface area contributed by atoms with Gasteiger partial charge in [-0.05, 0) is 93.1 Å². The second-order valence-electron chi connectivity index (χ2n) is 14.1. The van der Waals surface area contributed by atoms with Gasteiger partial charge in [0.05, 0.1) is 11.2 Å². The lowest BCUT2D eigenvalue weighted by molar-refractivity contribution is 0.823. The predicted molar refractivity (Wildman–Crippen MR) is 215 cm³/mol. The fourth-order valence-electron chi connectivity index (χ4n) is 8.76. The SMILES string of the molecule is CC1=C2C=c3sc4cc(-c5nc(-c6ccccc6)c6ccc7ccccc7c6n5)ccc4c3=CC2CC=C1c1cccc2c1Cc1ccccc1-2. The highest BCUT2D eigenvalue weighted by molar-refractivity contribution is 7.17. The summed E-state index contributed by atoms with van der Waals surface area (Å²) in [7, 11) is 0. The Labute approximate surface area is 300 Å². The summed E-state index contributed by atoms with van der Waals surface area (Å²) in [5.41, 5.74) is 15.4. The van der Waals surface area contributed by atoms with E-state index in [1.165, 1.54) is 69.8 Å². The number of fused-ring (bicyclic) bond motifs is 10. The van der Waals surface area contributed by atoms with Crippen LogP contribution in [0, 0.1) is 5.92 Å². The van der Waals surface area contributed by atoms with Crippen LogP contribution in [0.15, 0.2) is 145 Å². The lowest BCUT2D eigenvalue weighted by Crippen LogP contribution is -2.27. The highest BCUT2D eigenvalue weighted by atomic mass is 32.1. The zero-order valence-electron chi connectivity index (χ0n) is 28.2. The van der Waals surface area contributed by atoms with Crippen LogP contribution in [0.3, 0.4) is 0 Å². The van der Waals surface area contributed by atoms with Gasteiger partial charge < -0.3 is 0 Å². The molecule has 11 rings (SSSR count). The third-order valence-corrected chi connectivity index (χ3v) is 12.4. The molecule has 0 amide bonds. The number of rotatable bonds is 3.